The van der Waals surface area contributed by atoms with Gasteiger partial charge in [-0.3, -0.25) is 0 Å². The van der Waals surface area contributed by atoms with Crippen molar-refractivity contribution in [1.82, 2.24) is 0 Å². The van der Waals surface area contributed by atoms with Gasteiger partial charge in [-0.1, -0.05) is 67.3 Å². The van der Waals surface area contributed by atoms with Crippen molar-refractivity contribution in [1.29, 1.82) is 0 Å². The van der Waals surface area contributed by atoms with Crippen LogP contribution in [-0.4, -0.2) is 36.2 Å². The number of ether oxygens (including phenoxy) is 3. The Balaban J connectivity index is 1.61. The molecule has 170 valence electrons. The molecule has 6 nitrogen and oxygen atoms in total. The molecular weight excluding hydrogens is 432 g/mol. The van der Waals surface area contributed by atoms with Gasteiger partial charge in [0.2, 0.25) is 0 Å². The molecule has 0 aromatic heterocycles. The summed E-state index contributed by atoms with van der Waals surface area (Å²) in [5, 5.41) is 0. The molecule has 0 fully saturated rings. The third-order valence-corrected chi connectivity index (χ3v) is 5.24. The Morgan fingerprint density at radius 3 is 1.47 bits per heavy atom. The number of carbonyl (C=O) groups excluding carboxylic acids is 3. The normalized spacial score (nSPS) is 19.2. The summed E-state index contributed by atoms with van der Waals surface area (Å²) in [4.78, 5) is 38.4. The summed E-state index contributed by atoms with van der Waals surface area (Å²) in [7, 11) is 0. The van der Waals surface area contributed by atoms with Crippen LogP contribution < -0.4 is 0 Å². The van der Waals surface area contributed by atoms with E-state index in [9.17, 15) is 14.4 Å². The van der Waals surface area contributed by atoms with E-state index in [1.807, 2.05) is 0 Å². The average molecular weight is 454 g/mol. The maximum Gasteiger partial charge on any atom is 0.338 e. The second-order valence-corrected chi connectivity index (χ2v) is 7.60. The lowest BCUT2D eigenvalue weighted by atomic mass is 9.94. The summed E-state index contributed by atoms with van der Waals surface area (Å²) in [5.41, 5.74) is 1.38. The number of benzene rings is 3. The number of carbonyl (C=O) groups is 3. The zero-order valence-electron chi connectivity index (χ0n) is 18.2. The van der Waals surface area contributed by atoms with Gasteiger partial charge >= 0.3 is 17.9 Å². The molecule has 0 aliphatic heterocycles. The third-order valence-electron chi connectivity index (χ3n) is 5.24. The van der Waals surface area contributed by atoms with Gasteiger partial charge < -0.3 is 14.2 Å². The molecular formula is C28H22O6. The van der Waals surface area contributed by atoms with Gasteiger partial charge in [0, 0.05) is 0 Å². The molecule has 0 spiro atoms. The molecule has 4 rings (SSSR count). The summed E-state index contributed by atoms with van der Waals surface area (Å²) in [6, 6.07) is 25.3. The predicted molar refractivity (Wildman–Crippen MR) is 125 cm³/mol. The van der Waals surface area contributed by atoms with Gasteiger partial charge in [-0.15, -0.1) is 0 Å². The minimum absolute atomic E-state index is 0.309. The van der Waals surface area contributed by atoms with Crippen molar-refractivity contribution in [3.8, 4) is 0 Å². The molecule has 1 aliphatic rings. The van der Waals surface area contributed by atoms with Crippen LogP contribution in [0, 0.1) is 0 Å². The topological polar surface area (TPSA) is 78.9 Å². The second kappa shape index (κ2) is 10.4. The van der Waals surface area contributed by atoms with Crippen LogP contribution in [0.1, 0.15) is 31.1 Å². The van der Waals surface area contributed by atoms with Gasteiger partial charge in [-0.25, -0.2) is 14.4 Å². The average Bonchev–Trinajstić information content (AvgIpc) is 2.89. The fourth-order valence-electron chi connectivity index (χ4n) is 3.47. The van der Waals surface area contributed by atoms with Crippen LogP contribution >= 0.6 is 0 Å². The van der Waals surface area contributed by atoms with E-state index in [0.717, 1.165) is 0 Å². The summed E-state index contributed by atoms with van der Waals surface area (Å²) in [6.45, 7) is 3.95. The molecule has 0 N–H and O–H groups in total. The van der Waals surface area contributed by atoms with E-state index in [0.29, 0.717) is 22.3 Å². The van der Waals surface area contributed by atoms with Gasteiger partial charge in [-0.05, 0) is 48.0 Å². The Labute approximate surface area is 197 Å². The Bertz CT molecular complexity index is 1200. The molecule has 0 radical (unpaired) electrons. The number of rotatable bonds is 6. The van der Waals surface area contributed by atoms with Gasteiger partial charge in [-0.2, -0.15) is 0 Å². The lowest BCUT2D eigenvalue weighted by molar-refractivity contribution is -0.0674. The van der Waals surface area contributed by atoms with Crippen LogP contribution in [0.3, 0.4) is 0 Å². The van der Waals surface area contributed by atoms with Crippen LogP contribution in [0.15, 0.2) is 115 Å². The van der Waals surface area contributed by atoms with E-state index >= 15 is 0 Å². The van der Waals surface area contributed by atoms with Crippen molar-refractivity contribution in [3.05, 3.63) is 132 Å². The highest BCUT2D eigenvalue weighted by molar-refractivity contribution is 5.91. The SMILES string of the molecule is C=C1C=C[C@H](OC(=O)c2ccccc2)[C@@H](OC(=O)c2ccccc2)C1OC(=O)c1ccccc1. The van der Waals surface area contributed by atoms with Gasteiger partial charge in [0.05, 0.1) is 16.7 Å². The van der Waals surface area contributed by atoms with Crippen molar-refractivity contribution in [3.63, 3.8) is 0 Å². The standard InChI is InChI=1S/C28H22O6/c1-19-17-18-23(32-26(29)20-11-5-2-6-12-20)25(34-28(31)22-15-9-4-10-16-22)24(19)33-27(30)21-13-7-3-8-14-21/h2-18,23-25H,1H2/t23-,24?,25+/m0/s1. The highest BCUT2D eigenvalue weighted by atomic mass is 16.6. The summed E-state index contributed by atoms with van der Waals surface area (Å²) >= 11 is 0. The predicted octanol–water partition coefficient (Wildman–Crippen LogP) is 4.79. The van der Waals surface area contributed by atoms with Crippen molar-refractivity contribution >= 4 is 17.9 Å². The molecule has 1 aliphatic carbocycles. The minimum atomic E-state index is -1.13. The maximum atomic E-state index is 12.9. The van der Waals surface area contributed by atoms with E-state index in [4.69, 9.17) is 14.2 Å². The number of esters is 3. The lowest BCUT2D eigenvalue weighted by Crippen LogP contribution is -2.47. The van der Waals surface area contributed by atoms with Gasteiger partial charge in [0.15, 0.2) is 18.3 Å². The number of hydrogen-bond acceptors (Lipinski definition) is 6. The highest BCUT2D eigenvalue weighted by Gasteiger charge is 2.41. The zero-order chi connectivity index (χ0) is 23.9. The quantitative estimate of drug-likeness (QED) is 0.394. The first-order valence-corrected chi connectivity index (χ1v) is 10.7. The minimum Gasteiger partial charge on any atom is -0.450 e. The molecule has 3 aromatic carbocycles. The first-order chi connectivity index (χ1) is 16.5. The fraction of sp³-hybridized carbons (Fsp3) is 0.107. The molecule has 0 heterocycles. The van der Waals surface area contributed by atoms with Crippen LogP contribution in [0.25, 0.3) is 0 Å². The van der Waals surface area contributed by atoms with E-state index in [1.54, 1.807) is 103 Å². The van der Waals surface area contributed by atoms with Crippen LogP contribution in [-0.2, 0) is 14.2 Å². The second-order valence-electron chi connectivity index (χ2n) is 7.60. The molecule has 0 amide bonds. The summed E-state index contributed by atoms with van der Waals surface area (Å²) in [5.74, 6) is -1.86. The van der Waals surface area contributed by atoms with E-state index in [2.05, 4.69) is 6.58 Å². The molecule has 1 unspecified atom stereocenters. The fourth-order valence-corrected chi connectivity index (χ4v) is 3.47. The smallest absolute Gasteiger partial charge is 0.338 e. The molecule has 0 saturated heterocycles. The van der Waals surface area contributed by atoms with Crippen LogP contribution in [0.4, 0.5) is 0 Å². The third kappa shape index (κ3) is 5.30. The Morgan fingerprint density at radius 2 is 1.00 bits per heavy atom. The molecule has 6 heteroatoms. The lowest BCUT2D eigenvalue weighted by Gasteiger charge is -2.34. The molecule has 0 saturated carbocycles. The van der Waals surface area contributed by atoms with Crippen LogP contribution in [0.5, 0.6) is 0 Å². The van der Waals surface area contributed by atoms with E-state index < -0.39 is 36.2 Å². The largest absolute Gasteiger partial charge is 0.450 e. The first kappa shape index (κ1) is 22.7. The molecule has 34 heavy (non-hydrogen) atoms. The van der Waals surface area contributed by atoms with Gasteiger partial charge in [0.1, 0.15) is 0 Å². The van der Waals surface area contributed by atoms with Crippen molar-refractivity contribution in [2.24, 2.45) is 0 Å². The first-order valence-electron chi connectivity index (χ1n) is 10.7. The Morgan fingerprint density at radius 1 is 0.588 bits per heavy atom. The monoisotopic (exact) mass is 454 g/mol. The van der Waals surface area contributed by atoms with Crippen molar-refractivity contribution in [2.45, 2.75) is 18.3 Å². The van der Waals surface area contributed by atoms with E-state index in [1.165, 1.54) is 0 Å². The molecule has 3 aromatic rings. The highest BCUT2D eigenvalue weighted by Crippen LogP contribution is 2.27. The van der Waals surface area contributed by atoms with Crippen LogP contribution in [0.2, 0.25) is 0 Å². The molecule has 3 atom stereocenters. The zero-order valence-corrected chi connectivity index (χ0v) is 18.2. The summed E-state index contributed by atoms with van der Waals surface area (Å²) in [6.07, 6.45) is -0.0264. The summed E-state index contributed by atoms with van der Waals surface area (Å²) < 4.78 is 17.1. The van der Waals surface area contributed by atoms with E-state index in [-0.39, 0.29) is 0 Å². The van der Waals surface area contributed by atoms with Gasteiger partial charge in [0.25, 0.3) is 0 Å². The maximum absolute atomic E-state index is 12.9. The Kier molecular flexibility index (Phi) is 6.98. The Hall–Kier alpha value is -4.45. The van der Waals surface area contributed by atoms with Crippen molar-refractivity contribution in [2.75, 3.05) is 0 Å². The van der Waals surface area contributed by atoms with Crippen molar-refractivity contribution < 1.29 is 28.6 Å². The molecule has 0 bridgehead atoms. The number of hydrogen-bond donors (Lipinski definition) is 0.